The van der Waals surface area contributed by atoms with Crippen molar-refractivity contribution in [3.8, 4) is 0 Å². The van der Waals surface area contributed by atoms with E-state index in [-0.39, 0.29) is 12.0 Å². The first-order valence-corrected chi connectivity index (χ1v) is 5.04. The number of rotatable bonds is 3. The summed E-state index contributed by atoms with van der Waals surface area (Å²) in [5.41, 5.74) is 0.220. The highest BCUT2D eigenvalue weighted by molar-refractivity contribution is 5.86. The van der Waals surface area contributed by atoms with Crippen molar-refractivity contribution in [3.63, 3.8) is 0 Å². The summed E-state index contributed by atoms with van der Waals surface area (Å²) >= 11 is 0. The highest BCUT2D eigenvalue weighted by atomic mass is 16.4. The number of hydrogen-bond donors (Lipinski definition) is 0. The average molecular weight is 236 g/mol. The van der Waals surface area contributed by atoms with E-state index in [2.05, 4.69) is 13.2 Å². The maximum atomic E-state index is 10.1. The lowest BCUT2D eigenvalue weighted by Gasteiger charge is -1.85. The molecule has 92 valence electrons. The van der Waals surface area contributed by atoms with Crippen molar-refractivity contribution in [1.29, 1.82) is 0 Å². The molecule has 17 heavy (non-hydrogen) atoms. The van der Waals surface area contributed by atoms with Gasteiger partial charge < -0.3 is 0 Å². The molecule has 0 saturated heterocycles. The quantitative estimate of drug-likeness (QED) is 0.757. The van der Waals surface area contributed by atoms with Gasteiger partial charge in [-0.2, -0.15) is 0 Å². The third kappa shape index (κ3) is 11.8. The summed E-state index contributed by atoms with van der Waals surface area (Å²) in [5.74, 6) is -2.09. The molecule has 0 atom stereocenters. The zero-order valence-corrected chi connectivity index (χ0v) is 9.85. The molecule has 2 radical (unpaired) electrons. The molecule has 0 aromatic heterocycles. The van der Waals surface area contributed by atoms with E-state index in [1.54, 1.807) is 25.1 Å². The fourth-order valence-electron chi connectivity index (χ4n) is 0.778. The SMILES string of the molecule is C=C.CCCC([O])=O.[O]C(=O)c1ccccc1. The highest BCUT2D eigenvalue weighted by Crippen LogP contribution is 1.96. The van der Waals surface area contributed by atoms with Gasteiger partial charge in [-0.25, -0.2) is 19.8 Å². The molecule has 0 saturated carbocycles. The van der Waals surface area contributed by atoms with Crippen molar-refractivity contribution in [1.82, 2.24) is 0 Å². The predicted octanol–water partition coefficient (Wildman–Crippen LogP) is 2.80. The van der Waals surface area contributed by atoms with Gasteiger partial charge in [-0.05, 0) is 18.6 Å². The summed E-state index contributed by atoms with van der Waals surface area (Å²) in [6.45, 7) is 7.80. The van der Waals surface area contributed by atoms with Gasteiger partial charge in [0.15, 0.2) is 0 Å². The number of benzene rings is 1. The number of hydrogen-bond acceptors (Lipinski definition) is 2. The van der Waals surface area contributed by atoms with Gasteiger partial charge >= 0.3 is 11.9 Å². The first-order chi connectivity index (χ1) is 8.07. The molecule has 0 spiro atoms. The second-order valence-electron chi connectivity index (χ2n) is 2.78. The molecule has 0 amide bonds. The van der Waals surface area contributed by atoms with Crippen LogP contribution in [0.25, 0.3) is 0 Å². The van der Waals surface area contributed by atoms with Crippen LogP contribution in [-0.2, 0) is 15.0 Å². The van der Waals surface area contributed by atoms with E-state index >= 15 is 0 Å². The molecule has 4 nitrogen and oxygen atoms in total. The summed E-state index contributed by atoms with van der Waals surface area (Å²) in [6, 6.07) is 8.06. The third-order valence-corrected chi connectivity index (χ3v) is 1.46. The van der Waals surface area contributed by atoms with Crippen molar-refractivity contribution >= 4 is 11.9 Å². The number of carbonyl (C=O) groups is 2. The van der Waals surface area contributed by atoms with Crippen LogP contribution in [0.2, 0.25) is 0 Å². The molecule has 0 fully saturated rings. The normalized spacial score (nSPS) is 7.82. The summed E-state index contributed by atoms with van der Waals surface area (Å²) in [7, 11) is 0. The fraction of sp³-hybridized carbons (Fsp3) is 0.231. The van der Waals surface area contributed by atoms with Gasteiger partial charge in [0.25, 0.3) is 0 Å². The molecule has 0 aliphatic rings. The molecule has 0 aliphatic carbocycles. The van der Waals surface area contributed by atoms with E-state index in [4.69, 9.17) is 0 Å². The summed E-state index contributed by atoms with van der Waals surface area (Å²) in [5, 5.41) is 19.6. The zero-order chi connectivity index (χ0) is 13.7. The molecule has 1 aromatic rings. The van der Waals surface area contributed by atoms with E-state index in [0.29, 0.717) is 6.42 Å². The molecule has 0 bridgehead atoms. The van der Waals surface area contributed by atoms with E-state index in [1.165, 1.54) is 12.1 Å². The van der Waals surface area contributed by atoms with Gasteiger partial charge in [0.05, 0.1) is 5.56 Å². The van der Waals surface area contributed by atoms with Crippen molar-refractivity contribution in [2.24, 2.45) is 0 Å². The van der Waals surface area contributed by atoms with Crippen LogP contribution >= 0.6 is 0 Å². The lowest BCUT2D eigenvalue weighted by Crippen LogP contribution is -1.91. The first kappa shape index (κ1) is 17.3. The fourth-order valence-corrected chi connectivity index (χ4v) is 0.778. The monoisotopic (exact) mass is 236 g/mol. The summed E-state index contributed by atoms with van der Waals surface area (Å²) in [4.78, 5) is 19.6. The third-order valence-electron chi connectivity index (χ3n) is 1.46. The second kappa shape index (κ2) is 12.0. The van der Waals surface area contributed by atoms with Gasteiger partial charge in [-0.3, -0.25) is 0 Å². The van der Waals surface area contributed by atoms with Gasteiger partial charge in [-0.15, -0.1) is 13.2 Å². The van der Waals surface area contributed by atoms with Crippen molar-refractivity contribution in [2.45, 2.75) is 19.8 Å². The van der Waals surface area contributed by atoms with Gasteiger partial charge in [0.1, 0.15) is 0 Å². The lowest BCUT2D eigenvalue weighted by atomic mass is 10.2. The zero-order valence-electron chi connectivity index (χ0n) is 9.85. The Morgan fingerprint density at radius 1 is 1.06 bits per heavy atom. The van der Waals surface area contributed by atoms with Crippen molar-refractivity contribution in [2.75, 3.05) is 0 Å². The summed E-state index contributed by atoms with van der Waals surface area (Å²) < 4.78 is 0. The number of carbonyl (C=O) groups excluding carboxylic acids is 2. The first-order valence-electron chi connectivity index (χ1n) is 5.04. The highest BCUT2D eigenvalue weighted by Gasteiger charge is 1.99. The topological polar surface area (TPSA) is 73.9 Å². The minimum absolute atomic E-state index is 0.181. The largest absolute Gasteiger partial charge is 0.386 e. The Labute approximate surface area is 101 Å². The molecular weight excluding hydrogens is 220 g/mol. The van der Waals surface area contributed by atoms with Crippen LogP contribution in [0.5, 0.6) is 0 Å². The summed E-state index contributed by atoms with van der Waals surface area (Å²) in [6.07, 6.45) is 0.850. The van der Waals surface area contributed by atoms with E-state index in [9.17, 15) is 19.8 Å². The Hall–Kier alpha value is -2.10. The van der Waals surface area contributed by atoms with Crippen molar-refractivity contribution in [3.05, 3.63) is 49.1 Å². The minimum atomic E-state index is -1.13. The van der Waals surface area contributed by atoms with E-state index < -0.39 is 11.9 Å². The smallest absolute Gasteiger partial charge is 0.247 e. The maximum absolute atomic E-state index is 10.1. The Balaban J connectivity index is 0. The Bertz CT molecular complexity index is 319. The molecule has 1 rings (SSSR count). The molecule has 1 aromatic carbocycles. The second-order valence-corrected chi connectivity index (χ2v) is 2.78. The molecule has 4 heteroatoms. The molecule has 0 aliphatic heterocycles. The predicted molar refractivity (Wildman–Crippen MR) is 63.3 cm³/mol. The van der Waals surface area contributed by atoms with Crippen LogP contribution in [0, 0.1) is 0 Å². The van der Waals surface area contributed by atoms with E-state index in [1.807, 2.05) is 0 Å². The van der Waals surface area contributed by atoms with Crippen LogP contribution in [0.1, 0.15) is 30.1 Å². The van der Waals surface area contributed by atoms with Crippen LogP contribution < -0.4 is 0 Å². The Kier molecular flexibility index (Phi) is 12.2. The minimum Gasteiger partial charge on any atom is -0.247 e. The van der Waals surface area contributed by atoms with E-state index in [0.717, 1.165) is 0 Å². The standard InChI is InChI=1S/C7H5O2.C4H7O2.C2H4/c8-7(9)6-4-2-1-3-5-6;1-2-3-4(5)6;1-2/h1-5H;2-3H2,1H3;1-2H2. The van der Waals surface area contributed by atoms with Gasteiger partial charge in [-0.1, -0.05) is 25.1 Å². The Morgan fingerprint density at radius 2 is 1.53 bits per heavy atom. The Morgan fingerprint density at radius 3 is 1.71 bits per heavy atom. The molecule has 0 heterocycles. The van der Waals surface area contributed by atoms with Crippen LogP contribution in [0.4, 0.5) is 0 Å². The maximum Gasteiger partial charge on any atom is 0.386 e. The van der Waals surface area contributed by atoms with Crippen LogP contribution in [0.15, 0.2) is 43.5 Å². The van der Waals surface area contributed by atoms with Gasteiger partial charge in [0.2, 0.25) is 0 Å². The molecule has 0 unspecified atom stereocenters. The van der Waals surface area contributed by atoms with Crippen molar-refractivity contribution < 1.29 is 19.8 Å². The van der Waals surface area contributed by atoms with Crippen LogP contribution in [-0.4, -0.2) is 11.9 Å². The van der Waals surface area contributed by atoms with Gasteiger partial charge in [0, 0.05) is 6.42 Å². The van der Waals surface area contributed by atoms with Crippen LogP contribution in [0.3, 0.4) is 0 Å². The molecular formula is C13H16O4. The average Bonchev–Trinajstić information content (AvgIpc) is 2.33. The lowest BCUT2D eigenvalue weighted by molar-refractivity contribution is -0.143. The molecule has 0 N–H and O–H groups in total.